The largest absolute Gasteiger partial charge is 0.354 e. The number of rotatable bonds is 2. The Morgan fingerprint density at radius 1 is 1.04 bits per heavy atom. The van der Waals surface area contributed by atoms with E-state index in [0.717, 1.165) is 11.1 Å². The van der Waals surface area contributed by atoms with Gasteiger partial charge in [0, 0.05) is 19.5 Å². The average Bonchev–Trinajstić information content (AvgIpc) is 2.85. The lowest BCUT2D eigenvalue weighted by atomic mass is 10.0. The third-order valence-electron chi connectivity index (χ3n) is 4.74. The number of anilines is 1. The molecule has 2 saturated heterocycles. The Kier molecular flexibility index (Phi) is 3.19. The summed E-state index contributed by atoms with van der Waals surface area (Å²) < 4.78 is 14.2. The molecule has 120 valence electrons. The summed E-state index contributed by atoms with van der Waals surface area (Å²) in [6.45, 7) is 1.56. The molecule has 2 amide bonds. The highest BCUT2D eigenvalue weighted by Crippen LogP contribution is 2.33. The van der Waals surface area contributed by atoms with Crippen molar-refractivity contribution in [1.82, 2.24) is 10.2 Å². The number of piperidine rings is 1. The second kappa shape index (κ2) is 5.13. The number of carbonyl (C=O) groups is 3. The lowest BCUT2D eigenvalue weighted by Gasteiger charge is -2.32. The van der Waals surface area contributed by atoms with Crippen LogP contribution in [0.5, 0.6) is 0 Å². The molecule has 1 unspecified atom stereocenters. The number of fused-ring (bicyclic) bond motifs is 1. The topological polar surface area (TPSA) is 69.7 Å². The van der Waals surface area contributed by atoms with Gasteiger partial charge in [0.2, 0.25) is 11.8 Å². The molecular formula is C16H16FN3O3. The molecule has 6 nitrogen and oxygen atoms in total. The van der Waals surface area contributed by atoms with Crippen LogP contribution in [-0.4, -0.2) is 41.6 Å². The summed E-state index contributed by atoms with van der Waals surface area (Å²) in [5, 5.41) is 2.36. The van der Waals surface area contributed by atoms with Gasteiger partial charge in [0.15, 0.2) is 5.78 Å². The predicted molar refractivity (Wildman–Crippen MR) is 79.0 cm³/mol. The first-order valence-electron chi connectivity index (χ1n) is 7.67. The van der Waals surface area contributed by atoms with Gasteiger partial charge in [0.05, 0.1) is 24.8 Å². The minimum absolute atomic E-state index is 0.107. The van der Waals surface area contributed by atoms with Crippen molar-refractivity contribution in [2.45, 2.75) is 32.0 Å². The molecule has 0 spiro atoms. The summed E-state index contributed by atoms with van der Waals surface area (Å²) in [6.07, 6.45) is 0.827. The molecule has 4 rings (SSSR count). The van der Waals surface area contributed by atoms with Crippen LogP contribution < -0.4 is 10.2 Å². The summed E-state index contributed by atoms with van der Waals surface area (Å²) in [7, 11) is 0. The van der Waals surface area contributed by atoms with Crippen molar-refractivity contribution in [3.8, 4) is 0 Å². The van der Waals surface area contributed by atoms with Crippen LogP contribution in [0, 0.1) is 5.82 Å². The fraction of sp³-hybridized carbons (Fsp3) is 0.438. The number of halogens is 1. The van der Waals surface area contributed by atoms with Crippen molar-refractivity contribution in [2.75, 3.05) is 18.0 Å². The number of benzene rings is 1. The fourth-order valence-corrected chi connectivity index (χ4v) is 3.48. The maximum atomic E-state index is 14.2. The fourth-order valence-electron chi connectivity index (χ4n) is 3.48. The second-order valence-corrected chi connectivity index (χ2v) is 6.34. The Bertz CT molecular complexity index is 726. The Labute approximate surface area is 132 Å². The van der Waals surface area contributed by atoms with Crippen LogP contribution in [0.15, 0.2) is 12.1 Å². The van der Waals surface area contributed by atoms with Gasteiger partial charge in [-0.25, -0.2) is 4.39 Å². The Morgan fingerprint density at radius 3 is 2.39 bits per heavy atom. The third-order valence-corrected chi connectivity index (χ3v) is 4.74. The molecule has 0 bridgehead atoms. The minimum atomic E-state index is -0.350. The van der Waals surface area contributed by atoms with Crippen LogP contribution in [0.25, 0.3) is 0 Å². The molecular weight excluding hydrogens is 301 g/mol. The summed E-state index contributed by atoms with van der Waals surface area (Å²) >= 11 is 0. The number of carbonyl (C=O) groups excluding carboxylic acids is 3. The zero-order valence-electron chi connectivity index (χ0n) is 12.5. The number of nitrogens with zero attached hydrogens (tertiary/aromatic N) is 2. The molecule has 1 atom stereocenters. The van der Waals surface area contributed by atoms with E-state index in [4.69, 9.17) is 0 Å². The Balaban J connectivity index is 1.54. The zero-order valence-corrected chi connectivity index (χ0v) is 12.5. The zero-order chi connectivity index (χ0) is 16.1. The molecule has 0 saturated carbocycles. The molecule has 2 fully saturated rings. The van der Waals surface area contributed by atoms with E-state index in [0.29, 0.717) is 31.6 Å². The SMILES string of the molecule is O=C1CN(c2cc3c(cc2F)CN(C2CCC(=O)NC2=O)C3)C1. The third kappa shape index (κ3) is 2.41. The maximum Gasteiger partial charge on any atom is 0.243 e. The number of amides is 2. The summed E-state index contributed by atoms with van der Waals surface area (Å²) in [5.74, 6) is -0.738. The molecule has 3 aliphatic heterocycles. The molecule has 3 aliphatic rings. The first kappa shape index (κ1) is 14.3. The number of hydrogen-bond acceptors (Lipinski definition) is 5. The molecule has 1 aromatic rings. The minimum Gasteiger partial charge on any atom is -0.354 e. The van der Waals surface area contributed by atoms with Crippen molar-refractivity contribution in [3.63, 3.8) is 0 Å². The van der Waals surface area contributed by atoms with E-state index in [2.05, 4.69) is 5.32 Å². The normalized spacial score (nSPS) is 24.5. The monoisotopic (exact) mass is 317 g/mol. The predicted octanol–water partition coefficient (Wildman–Crippen LogP) is 0.336. The molecule has 3 heterocycles. The van der Waals surface area contributed by atoms with Crippen LogP contribution in [0.2, 0.25) is 0 Å². The standard InChI is InChI=1S/C16H16FN3O3/c17-12-3-9-5-19(13-1-2-15(22)18-16(13)23)6-10(9)4-14(12)20-7-11(21)8-20/h3-4,13H,1-2,5-8H2,(H,18,22,23). The van der Waals surface area contributed by atoms with E-state index >= 15 is 0 Å². The van der Waals surface area contributed by atoms with E-state index in [9.17, 15) is 18.8 Å². The molecule has 0 aliphatic carbocycles. The van der Waals surface area contributed by atoms with Crippen LogP contribution in [0.1, 0.15) is 24.0 Å². The number of ketones is 1. The van der Waals surface area contributed by atoms with Crippen LogP contribution in [0.3, 0.4) is 0 Å². The smallest absolute Gasteiger partial charge is 0.243 e. The average molecular weight is 317 g/mol. The van der Waals surface area contributed by atoms with E-state index in [1.54, 1.807) is 11.0 Å². The van der Waals surface area contributed by atoms with Crippen molar-refractivity contribution in [1.29, 1.82) is 0 Å². The summed E-state index contributed by atoms with van der Waals surface area (Å²) in [6, 6.07) is 2.93. The molecule has 7 heteroatoms. The highest BCUT2D eigenvalue weighted by atomic mass is 19.1. The van der Waals surface area contributed by atoms with E-state index in [1.165, 1.54) is 6.07 Å². The van der Waals surface area contributed by atoms with E-state index in [1.807, 2.05) is 4.90 Å². The Morgan fingerprint density at radius 2 is 1.74 bits per heavy atom. The van der Waals surface area contributed by atoms with Crippen molar-refractivity contribution >= 4 is 23.3 Å². The number of Topliss-reactive ketones (excluding diaryl/α,β-unsaturated/α-hetero) is 1. The summed E-state index contributed by atoms with van der Waals surface area (Å²) in [5.41, 5.74) is 2.29. The molecule has 0 aromatic heterocycles. The van der Waals surface area contributed by atoms with Crippen LogP contribution in [-0.2, 0) is 27.5 Å². The van der Waals surface area contributed by atoms with Crippen molar-refractivity contribution < 1.29 is 18.8 Å². The molecule has 1 N–H and O–H groups in total. The van der Waals surface area contributed by atoms with Gasteiger partial charge in [-0.1, -0.05) is 0 Å². The van der Waals surface area contributed by atoms with Gasteiger partial charge in [-0.05, 0) is 29.7 Å². The maximum absolute atomic E-state index is 14.2. The van der Waals surface area contributed by atoms with Gasteiger partial charge in [-0.15, -0.1) is 0 Å². The summed E-state index contributed by atoms with van der Waals surface area (Å²) in [4.78, 5) is 38.0. The lowest BCUT2D eigenvalue weighted by Crippen LogP contribution is -2.50. The van der Waals surface area contributed by atoms with Gasteiger partial charge < -0.3 is 4.90 Å². The van der Waals surface area contributed by atoms with Crippen LogP contribution in [0.4, 0.5) is 10.1 Å². The number of imide groups is 1. The number of nitrogens with one attached hydrogen (secondary N) is 1. The van der Waals surface area contributed by atoms with Crippen molar-refractivity contribution in [3.05, 3.63) is 29.1 Å². The Hall–Kier alpha value is -2.28. The van der Waals surface area contributed by atoms with E-state index in [-0.39, 0.29) is 42.5 Å². The molecule has 1 aromatic carbocycles. The van der Waals surface area contributed by atoms with Crippen molar-refractivity contribution in [2.24, 2.45) is 0 Å². The van der Waals surface area contributed by atoms with Gasteiger partial charge in [0.25, 0.3) is 0 Å². The van der Waals surface area contributed by atoms with Crippen LogP contribution >= 0.6 is 0 Å². The van der Waals surface area contributed by atoms with Gasteiger partial charge in [-0.2, -0.15) is 0 Å². The number of hydrogen-bond donors (Lipinski definition) is 1. The quantitative estimate of drug-likeness (QED) is 0.797. The second-order valence-electron chi connectivity index (χ2n) is 6.34. The molecule has 0 radical (unpaired) electrons. The van der Waals surface area contributed by atoms with Gasteiger partial charge in [-0.3, -0.25) is 24.6 Å². The lowest BCUT2D eigenvalue weighted by molar-refractivity contribution is -0.137. The van der Waals surface area contributed by atoms with Gasteiger partial charge in [0.1, 0.15) is 5.82 Å². The van der Waals surface area contributed by atoms with E-state index < -0.39 is 0 Å². The highest BCUT2D eigenvalue weighted by Gasteiger charge is 2.36. The first-order valence-corrected chi connectivity index (χ1v) is 7.67. The van der Waals surface area contributed by atoms with Gasteiger partial charge >= 0.3 is 0 Å². The highest BCUT2D eigenvalue weighted by molar-refractivity contribution is 6.00. The first-order chi connectivity index (χ1) is 11.0. The molecule has 23 heavy (non-hydrogen) atoms.